The highest BCUT2D eigenvalue weighted by molar-refractivity contribution is 5.87. The van der Waals surface area contributed by atoms with Crippen molar-refractivity contribution in [3.8, 4) is 0 Å². The van der Waals surface area contributed by atoms with Crippen LogP contribution in [0.2, 0.25) is 0 Å². The average molecular weight is 156 g/mol. The van der Waals surface area contributed by atoms with Gasteiger partial charge in [0.2, 0.25) is 0 Å². The minimum absolute atomic E-state index is 0.0415. The standard InChI is InChI=1S/C7H8O4/c1-3-6(8)11-4-5(2)7(9)10/h3-4H,1H2,2H3,(H,9,10)/b5-4+. The molecule has 0 saturated carbocycles. The number of carbonyl (C=O) groups is 2. The number of rotatable bonds is 3. The second-order valence-electron chi connectivity index (χ2n) is 1.75. The molecular formula is C7H8O4. The molecule has 0 aromatic rings. The van der Waals surface area contributed by atoms with Gasteiger partial charge in [-0.15, -0.1) is 0 Å². The number of hydrogen-bond acceptors (Lipinski definition) is 3. The van der Waals surface area contributed by atoms with Crippen molar-refractivity contribution in [1.29, 1.82) is 0 Å². The van der Waals surface area contributed by atoms with Gasteiger partial charge in [-0.05, 0) is 6.92 Å². The highest BCUT2D eigenvalue weighted by Gasteiger charge is 2.00. The minimum Gasteiger partial charge on any atom is -0.478 e. The van der Waals surface area contributed by atoms with Crippen LogP contribution in [0.1, 0.15) is 6.92 Å². The molecule has 0 fully saturated rings. The topological polar surface area (TPSA) is 63.6 Å². The van der Waals surface area contributed by atoms with E-state index in [0.29, 0.717) is 0 Å². The smallest absolute Gasteiger partial charge is 0.334 e. The molecule has 0 aromatic heterocycles. The van der Waals surface area contributed by atoms with Crippen LogP contribution in [-0.4, -0.2) is 17.0 Å². The Morgan fingerprint density at radius 1 is 1.55 bits per heavy atom. The molecule has 0 aliphatic carbocycles. The normalized spacial score (nSPS) is 10.5. The second-order valence-corrected chi connectivity index (χ2v) is 1.75. The maximum atomic E-state index is 10.4. The van der Waals surface area contributed by atoms with E-state index in [1.807, 2.05) is 0 Å². The quantitative estimate of drug-likeness (QED) is 0.371. The molecule has 0 saturated heterocycles. The lowest BCUT2D eigenvalue weighted by molar-refractivity contribution is -0.133. The summed E-state index contributed by atoms with van der Waals surface area (Å²) in [5.74, 6) is -1.80. The molecule has 0 amide bonds. The number of carbonyl (C=O) groups excluding carboxylic acids is 1. The second kappa shape index (κ2) is 4.27. The molecule has 0 radical (unpaired) electrons. The zero-order chi connectivity index (χ0) is 8.85. The summed E-state index contributed by atoms with van der Waals surface area (Å²) in [6.07, 6.45) is 1.82. The number of hydrogen-bond donors (Lipinski definition) is 1. The molecule has 0 unspecified atom stereocenters. The number of esters is 1. The Bertz CT molecular complexity index is 214. The fourth-order valence-electron chi connectivity index (χ4n) is 0.245. The van der Waals surface area contributed by atoms with Crippen LogP contribution in [-0.2, 0) is 14.3 Å². The molecule has 4 nitrogen and oxygen atoms in total. The van der Waals surface area contributed by atoms with Crippen molar-refractivity contribution in [1.82, 2.24) is 0 Å². The van der Waals surface area contributed by atoms with Gasteiger partial charge in [0.25, 0.3) is 0 Å². The van der Waals surface area contributed by atoms with Gasteiger partial charge >= 0.3 is 11.9 Å². The Morgan fingerprint density at radius 3 is 2.45 bits per heavy atom. The van der Waals surface area contributed by atoms with Gasteiger partial charge in [-0.3, -0.25) is 0 Å². The van der Waals surface area contributed by atoms with E-state index >= 15 is 0 Å². The van der Waals surface area contributed by atoms with Crippen LogP contribution in [0.5, 0.6) is 0 Å². The molecule has 0 aromatic carbocycles. The molecule has 1 N–H and O–H groups in total. The maximum absolute atomic E-state index is 10.4. The first-order valence-corrected chi connectivity index (χ1v) is 2.81. The molecule has 11 heavy (non-hydrogen) atoms. The van der Waals surface area contributed by atoms with Gasteiger partial charge in [-0.2, -0.15) is 0 Å². The third-order valence-corrected chi connectivity index (χ3v) is 0.856. The SMILES string of the molecule is C=CC(=O)O/C=C(\C)C(=O)O. The van der Waals surface area contributed by atoms with E-state index in [9.17, 15) is 9.59 Å². The predicted molar refractivity (Wildman–Crippen MR) is 37.7 cm³/mol. The van der Waals surface area contributed by atoms with Gasteiger partial charge in [0.15, 0.2) is 0 Å². The molecule has 0 bridgehead atoms. The molecule has 4 heteroatoms. The van der Waals surface area contributed by atoms with Crippen molar-refractivity contribution < 1.29 is 19.4 Å². The van der Waals surface area contributed by atoms with E-state index in [2.05, 4.69) is 11.3 Å². The van der Waals surface area contributed by atoms with Gasteiger partial charge in [0.1, 0.15) is 6.26 Å². The molecule has 0 spiro atoms. The van der Waals surface area contributed by atoms with Crippen molar-refractivity contribution in [2.24, 2.45) is 0 Å². The third-order valence-electron chi connectivity index (χ3n) is 0.856. The molecule has 0 aliphatic heterocycles. The summed E-state index contributed by atoms with van der Waals surface area (Å²) < 4.78 is 4.31. The van der Waals surface area contributed by atoms with Crippen LogP contribution >= 0.6 is 0 Å². The monoisotopic (exact) mass is 156 g/mol. The molecule has 60 valence electrons. The first-order chi connectivity index (χ1) is 5.07. The number of aliphatic carboxylic acids is 1. The lowest BCUT2D eigenvalue weighted by atomic mass is 10.3. The fraction of sp³-hybridized carbons (Fsp3) is 0.143. The zero-order valence-electron chi connectivity index (χ0n) is 6.03. The third kappa shape index (κ3) is 3.91. The zero-order valence-corrected chi connectivity index (χ0v) is 6.03. The number of carboxylic acid groups (broad SMARTS) is 1. The Morgan fingerprint density at radius 2 is 2.09 bits per heavy atom. The highest BCUT2D eigenvalue weighted by Crippen LogP contribution is 1.92. The fourth-order valence-corrected chi connectivity index (χ4v) is 0.245. The molecule has 0 rings (SSSR count). The molecule has 0 aliphatic rings. The van der Waals surface area contributed by atoms with Crippen molar-refractivity contribution in [2.75, 3.05) is 0 Å². The lowest BCUT2D eigenvalue weighted by Crippen LogP contribution is -1.99. The summed E-state index contributed by atoms with van der Waals surface area (Å²) in [4.78, 5) is 20.5. The summed E-state index contributed by atoms with van der Waals surface area (Å²) in [5, 5.41) is 8.28. The van der Waals surface area contributed by atoms with Crippen LogP contribution in [0.3, 0.4) is 0 Å². The summed E-state index contributed by atoms with van der Waals surface area (Å²) in [6.45, 7) is 4.45. The van der Waals surface area contributed by atoms with Crippen LogP contribution in [0.15, 0.2) is 24.5 Å². The summed E-state index contributed by atoms with van der Waals surface area (Å²) in [6, 6.07) is 0. The van der Waals surface area contributed by atoms with Crippen molar-refractivity contribution in [3.63, 3.8) is 0 Å². The number of ether oxygens (including phenoxy) is 1. The van der Waals surface area contributed by atoms with Crippen molar-refractivity contribution >= 4 is 11.9 Å². The first-order valence-electron chi connectivity index (χ1n) is 2.81. The van der Waals surface area contributed by atoms with Crippen LogP contribution in [0.4, 0.5) is 0 Å². The van der Waals surface area contributed by atoms with E-state index < -0.39 is 11.9 Å². The molecule has 0 atom stereocenters. The summed E-state index contributed by atoms with van der Waals surface area (Å²) in [7, 11) is 0. The Balaban J connectivity index is 4.02. The summed E-state index contributed by atoms with van der Waals surface area (Å²) >= 11 is 0. The van der Waals surface area contributed by atoms with Crippen LogP contribution < -0.4 is 0 Å². The maximum Gasteiger partial charge on any atom is 0.334 e. The minimum atomic E-state index is -1.12. The van der Waals surface area contributed by atoms with Gasteiger partial charge in [-0.25, -0.2) is 9.59 Å². The van der Waals surface area contributed by atoms with Crippen LogP contribution in [0.25, 0.3) is 0 Å². The van der Waals surface area contributed by atoms with Gasteiger partial charge in [0, 0.05) is 6.08 Å². The highest BCUT2D eigenvalue weighted by atomic mass is 16.5. The number of carboxylic acids is 1. The predicted octanol–water partition coefficient (Wildman–Crippen LogP) is 0.704. The van der Waals surface area contributed by atoms with Crippen LogP contribution in [0, 0.1) is 0 Å². The van der Waals surface area contributed by atoms with E-state index in [-0.39, 0.29) is 5.57 Å². The Hall–Kier alpha value is -1.58. The average Bonchev–Trinajstić information content (AvgIpc) is 1.99. The first kappa shape index (κ1) is 9.42. The Labute approximate surface area is 63.8 Å². The lowest BCUT2D eigenvalue weighted by Gasteiger charge is -1.93. The van der Waals surface area contributed by atoms with Crippen molar-refractivity contribution in [3.05, 3.63) is 24.5 Å². The molecular weight excluding hydrogens is 148 g/mol. The summed E-state index contributed by atoms with van der Waals surface area (Å²) in [5.41, 5.74) is -0.0415. The van der Waals surface area contributed by atoms with E-state index in [1.165, 1.54) is 6.92 Å². The van der Waals surface area contributed by atoms with Gasteiger partial charge < -0.3 is 9.84 Å². The molecule has 0 heterocycles. The largest absolute Gasteiger partial charge is 0.478 e. The van der Waals surface area contributed by atoms with E-state index in [0.717, 1.165) is 12.3 Å². The van der Waals surface area contributed by atoms with E-state index in [4.69, 9.17) is 5.11 Å². The van der Waals surface area contributed by atoms with Crippen molar-refractivity contribution in [2.45, 2.75) is 6.92 Å². The Kier molecular flexibility index (Phi) is 3.66. The van der Waals surface area contributed by atoms with Gasteiger partial charge in [0.05, 0.1) is 5.57 Å². The van der Waals surface area contributed by atoms with E-state index in [1.54, 1.807) is 0 Å². The van der Waals surface area contributed by atoms with Gasteiger partial charge in [-0.1, -0.05) is 6.58 Å².